The number of carbonyl (C=O) groups excluding carboxylic acids is 2. The fourth-order valence-electron chi connectivity index (χ4n) is 2.87. The third-order valence-corrected chi connectivity index (χ3v) is 4.62. The molecular formula is C19H20ClN3O2. The number of Topliss-reactive ketones (excluding diaryl/α,β-unsaturated/α-hetero) is 1. The van der Waals surface area contributed by atoms with Gasteiger partial charge in [0.25, 0.3) is 5.91 Å². The Balaban J connectivity index is 1.84. The summed E-state index contributed by atoms with van der Waals surface area (Å²) in [5.41, 5.74) is 3.18. The summed E-state index contributed by atoms with van der Waals surface area (Å²) < 4.78 is 1.57. The molecule has 1 fully saturated rings. The van der Waals surface area contributed by atoms with Gasteiger partial charge in [-0.3, -0.25) is 14.3 Å². The van der Waals surface area contributed by atoms with Crippen molar-refractivity contribution in [2.24, 2.45) is 7.05 Å². The van der Waals surface area contributed by atoms with Crippen LogP contribution in [0.5, 0.6) is 0 Å². The van der Waals surface area contributed by atoms with Crippen LogP contribution in [-0.4, -0.2) is 27.5 Å². The molecule has 1 heterocycles. The molecule has 0 aliphatic heterocycles. The summed E-state index contributed by atoms with van der Waals surface area (Å²) in [5.74, 6) is -0.265. The minimum atomic E-state index is -0.190. The van der Waals surface area contributed by atoms with Gasteiger partial charge in [-0.05, 0) is 37.5 Å². The smallest absolute Gasteiger partial charge is 0.253 e. The number of rotatable bonds is 6. The van der Waals surface area contributed by atoms with E-state index >= 15 is 0 Å². The largest absolute Gasteiger partial charge is 0.349 e. The number of hydrogen-bond donors (Lipinski definition) is 1. The average molecular weight is 358 g/mol. The predicted molar refractivity (Wildman–Crippen MR) is 98.0 cm³/mol. The summed E-state index contributed by atoms with van der Waals surface area (Å²) in [6.45, 7) is 5.61. The Hall–Kier alpha value is -2.40. The van der Waals surface area contributed by atoms with Crippen LogP contribution in [-0.2, 0) is 13.5 Å². The molecule has 130 valence electrons. The first-order valence-corrected chi connectivity index (χ1v) is 8.57. The molecule has 1 aromatic heterocycles. The minimum Gasteiger partial charge on any atom is -0.349 e. The third-order valence-electron chi connectivity index (χ3n) is 4.29. The van der Waals surface area contributed by atoms with Crippen molar-refractivity contribution < 1.29 is 9.59 Å². The second-order valence-electron chi connectivity index (χ2n) is 6.34. The zero-order valence-corrected chi connectivity index (χ0v) is 15.1. The second-order valence-corrected chi connectivity index (χ2v) is 6.74. The van der Waals surface area contributed by atoms with Gasteiger partial charge < -0.3 is 5.32 Å². The molecule has 25 heavy (non-hydrogen) atoms. The SMILES string of the molecule is C=Cc1c(C)nn(C)c1C(=O)Cc1ccc(Cl)c(C(=O)NC2CC2)c1. The maximum Gasteiger partial charge on any atom is 0.253 e. The highest BCUT2D eigenvalue weighted by atomic mass is 35.5. The number of carbonyl (C=O) groups is 2. The third kappa shape index (κ3) is 3.66. The van der Waals surface area contributed by atoms with E-state index in [1.807, 2.05) is 6.92 Å². The zero-order chi connectivity index (χ0) is 18.1. The van der Waals surface area contributed by atoms with Crippen LogP contribution in [0, 0.1) is 6.92 Å². The summed E-state index contributed by atoms with van der Waals surface area (Å²) in [4.78, 5) is 25.0. The van der Waals surface area contributed by atoms with Crippen LogP contribution in [0.4, 0.5) is 0 Å². The van der Waals surface area contributed by atoms with Gasteiger partial charge in [0.15, 0.2) is 5.78 Å². The molecule has 3 rings (SSSR count). The van der Waals surface area contributed by atoms with Crippen LogP contribution in [0.3, 0.4) is 0 Å². The molecule has 1 saturated carbocycles. The first kappa shape index (κ1) is 17.4. The van der Waals surface area contributed by atoms with Crippen LogP contribution in [0.15, 0.2) is 24.8 Å². The molecule has 1 amide bonds. The van der Waals surface area contributed by atoms with E-state index in [2.05, 4.69) is 17.0 Å². The van der Waals surface area contributed by atoms with E-state index in [4.69, 9.17) is 11.6 Å². The van der Waals surface area contributed by atoms with Gasteiger partial charge in [-0.2, -0.15) is 5.10 Å². The number of ketones is 1. The summed E-state index contributed by atoms with van der Waals surface area (Å²) in [6.07, 6.45) is 3.82. The van der Waals surface area contributed by atoms with E-state index in [9.17, 15) is 9.59 Å². The number of nitrogens with zero attached hydrogens (tertiary/aromatic N) is 2. The molecule has 0 radical (unpaired) electrons. The summed E-state index contributed by atoms with van der Waals surface area (Å²) in [6, 6.07) is 5.37. The fourth-order valence-corrected chi connectivity index (χ4v) is 3.07. The Morgan fingerprint density at radius 3 is 2.80 bits per heavy atom. The number of halogens is 1. The zero-order valence-electron chi connectivity index (χ0n) is 14.3. The first-order valence-electron chi connectivity index (χ1n) is 8.19. The molecule has 0 saturated heterocycles. The van der Waals surface area contributed by atoms with Crippen molar-refractivity contribution in [1.82, 2.24) is 15.1 Å². The lowest BCUT2D eigenvalue weighted by molar-refractivity contribution is 0.0947. The Bertz CT molecular complexity index is 866. The van der Waals surface area contributed by atoms with Crippen LogP contribution >= 0.6 is 11.6 Å². The highest BCUT2D eigenvalue weighted by molar-refractivity contribution is 6.33. The Morgan fingerprint density at radius 2 is 2.16 bits per heavy atom. The molecular weight excluding hydrogens is 338 g/mol. The standard InChI is InChI=1S/C19H20ClN3O2/c1-4-14-11(2)22-23(3)18(14)17(24)10-12-5-8-16(20)15(9-12)19(25)21-13-6-7-13/h4-5,8-9,13H,1,6-7,10H2,2-3H3,(H,21,25). The van der Waals surface area contributed by atoms with Crippen molar-refractivity contribution in [2.75, 3.05) is 0 Å². The molecule has 6 heteroatoms. The highest BCUT2D eigenvalue weighted by Gasteiger charge is 2.25. The van der Waals surface area contributed by atoms with Crippen molar-refractivity contribution in [1.29, 1.82) is 0 Å². The molecule has 0 bridgehead atoms. The van der Waals surface area contributed by atoms with Crippen molar-refractivity contribution >= 4 is 29.4 Å². The predicted octanol–water partition coefficient (Wildman–Crippen LogP) is 3.34. The Labute approximate surface area is 151 Å². The quantitative estimate of drug-likeness (QED) is 0.806. The maximum atomic E-state index is 12.7. The molecule has 1 aliphatic carbocycles. The van der Waals surface area contributed by atoms with Gasteiger partial charge in [0, 0.05) is 25.1 Å². The van der Waals surface area contributed by atoms with Crippen molar-refractivity contribution in [3.8, 4) is 0 Å². The van der Waals surface area contributed by atoms with Gasteiger partial charge in [0.05, 0.1) is 16.3 Å². The van der Waals surface area contributed by atoms with E-state index in [0.717, 1.165) is 29.7 Å². The lowest BCUT2D eigenvalue weighted by Crippen LogP contribution is -2.25. The molecule has 2 aromatic rings. The first-order chi connectivity index (χ1) is 11.9. The molecule has 1 aromatic carbocycles. The van der Waals surface area contributed by atoms with Gasteiger partial charge in [-0.1, -0.05) is 30.3 Å². The van der Waals surface area contributed by atoms with Crippen LogP contribution in [0.2, 0.25) is 5.02 Å². The van der Waals surface area contributed by atoms with E-state index < -0.39 is 0 Å². The van der Waals surface area contributed by atoms with Crippen LogP contribution < -0.4 is 5.32 Å². The molecule has 0 unspecified atom stereocenters. The van der Waals surface area contributed by atoms with Gasteiger partial charge in [0.1, 0.15) is 5.69 Å². The van der Waals surface area contributed by atoms with Crippen LogP contribution in [0.1, 0.15) is 50.5 Å². The summed E-state index contributed by atoms with van der Waals surface area (Å²) in [7, 11) is 1.74. The van der Waals surface area contributed by atoms with E-state index in [1.165, 1.54) is 0 Å². The van der Waals surface area contributed by atoms with E-state index in [0.29, 0.717) is 16.3 Å². The van der Waals surface area contributed by atoms with Crippen molar-refractivity contribution in [3.05, 3.63) is 57.9 Å². The number of amides is 1. The highest BCUT2D eigenvalue weighted by Crippen LogP contribution is 2.23. The van der Waals surface area contributed by atoms with Crippen molar-refractivity contribution in [2.45, 2.75) is 32.2 Å². The summed E-state index contributed by atoms with van der Waals surface area (Å²) in [5, 5.41) is 7.59. The summed E-state index contributed by atoms with van der Waals surface area (Å²) >= 11 is 6.15. The molecule has 0 atom stereocenters. The Morgan fingerprint density at radius 1 is 1.44 bits per heavy atom. The lowest BCUT2D eigenvalue weighted by atomic mass is 10.0. The number of aromatic nitrogens is 2. The molecule has 1 N–H and O–H groups in total. The number of hydrogen-bond acceptors (Lipinski definition) is 3. The number of benzene rings is 1. The van der Waals surface area contributed by atoms with Crippen LogP contribution in [0.25, 0.3) is 6.08 Å². The second kappa shape index (κ2) is 6.84. The Kier molecular flexibility index (Phi) is 4.77. The average Bonchev–Trinajstić information content (AvgIpc) is 3.32. The molecule has 1 aliphatic rings. The van der Waals surface area contributed by atoms with Gasteiger partial charge in [0.2, 0.25) is 0 Å². The number of nitrogens with one attached hydrogen (secondary N) is 1. The monoisotopic (exact) mass is 357 g/mol. The molecule has 5 nitrogen and oxygen atoms in total. The van der Waals surface area contributed by atoms with Crippen molar-refractivity contribution in [3.63, 3.8) is 0 Å². The van der Waals surface area contributed by atoms with E-state index in [1.54, 1.807) is 36.0 Å². The fraction of sp³-hybridized carbons (Fsp3) is 0.316. The number of aryl methyl sites for hydroxylation is 2. The van der Waals surface area contributed by atoms with Gasteiger partial charge in [-0.15, -0.1) is 0 Å². The van der Waals surface area contributed by atoms with Gasteiger partial charge in [-0.25, -0.2) is 0 Å². The molecule has 0 spiro atoms. The lowest BCUT2D eigenvalue weighted by Gasteiger charge is -2.09. The van der Waals surface area contributed by atoms with E-state index in [-0.39, 0.29) is 24.2 Å². The normalized spacial score (nSPS) is 13.6. The maximum absolute atomic E-state index is 12.7. The minimum absolute atomic E-state index is 0.0751. The van der Waals surface area contributed by atoms with Gasteiger partial charge >= 0.3 is 0 Å². The topological polar surface area (TPSA) is 64.0 Å².